The molecule has 1 heterocycles. The summed E-state index contributed by atoms with van der Waals surface area (Å²) in [6.07, 6.45) is 4.74. The van der Waals surface area contributed by atoms with Gasteiger partial charge < -0.3 is 15.5 Å². The second kappa shape index (κ2) is 9.42. The van der Waals surface area contributed by atoms with Gasteiger partial charge in [0.05, 0.1) is 0 Å². The fourth-order valence-electron chi connectivity index (χ4n) is 4.50. The minimum Gasteiger partial charge on any atom is -0.377 e. The first-order valence-electron chi connectivity index (χ1n) is 11.2. The van der Waals surface area contributed by atoms with E-state index in [1.807, 2.05) is 11.3 Å². The van der Waals surface area contributed by atoms with E-state index in [1.54, 1.807) is 0 Å². The summed E-state index contributed by atoms with van der Waals surface area (Å²) in [4.78, 5) is 16.5. The molecular formula is C25H37N3OS. The van der Waals surface area contributed by atoms with Crippen LogP contribution in [0.15, 0.2) is 29.6 Å². The lowest BCUT2D eigenvalue weighted by atomic mass is 9.84. The average Bonchev–Trinajstić information content (AvgIpc) is 3.36. The van der Waals surface area contributed by atoms with Crippen LogP contribution in [0.3, 0.4) is 0 Å². The monoisotopic (exact) mass is 427 g/mol. The summed E-state index contributed by atoms with van der Waals surface area (Å²) in [5.41, 5.74) is 4.68. The van der Waals surface area contributed by atoms with Gasteiger partial charge in [0, 0.05) is 47.7 Å². The number of nitrogens with zero attached hydrogens (tertiary/aromatic N) is 1. The smallest absolute Gasteiger partial charge is 0.319 e. The second-order valence-electron chi connectivity index (χ2n) is 9.48. The number of amides is 2. The van der Waals surface area contributed by atoms with Crippen LogP contribution in [0.1, 0.15) is 81.2 Å². The maximum absolute atomic E-state index is 13.0. The third kappa shape index (κ3) is 4.83. The van der Waals surface area contributed by atoms with Gasteiger partial charge in [-0.05, 0) is 41.9 Å². The van der Waals surface area contributed by atoms with Crippen molar-refractivity contribution in [1.82, 2.24) is 5.32 Å². The number of hydrogen-bond donors (Lipinski definition) is 2. The Morgan fingerprint density at radius 3 is 2.20 bits per heavy atom. The Hall–Kier alpha value is -2.01. The predicted octanol–water partition coefficient (Wildman–Crippen LogP) is 6.69. The Labute approximate surface area is 186 Å². The summed E-state index contributed by atoms with van der Waals surface area (Å²) in [5.74, 6) is 0.714. The highest BCUT2D eigenvalue weighted by Gasteiger charge is 2.37. The maximum atomic E-state index is 13.0. The summed E-state index contributed by atoms with van der Waals surface area (Å²) < 4.78 is 0. The van der Waals surface area contributed by atoms with Gasteiger partial charge in [0.15, 0.2) is 0 Å². The largest absolute Gasteiger partial charge is 0.377 e. The average molecular weight is 428 g/mol. The zero-order chi connectivity index (χ0) is 21.9. The highest BCUT2D eigenvalue weighted by atomic mass is 32.1. The number of rotatable bonds is 7. The highest BCUT2D eigenvalue weighted by molar-refractivity contribution is 7.10. The number of nitrogens with one attached hydrogen (secondary N) is 2. The molecule has 1 aliphatic rings. The van der Waals surface area contributed by atoms with Crippen molar-refractivity contribution in [3.63, 3.8) is 0 Å². The third-order valence-electron chi connectivity index (χ3n) is 6.38. The Morgan fingerprint density at radius 1 is 1.10 bits per heavy atom. The fourth-order valence-corrected chi connectivity index (χ4v) is 5.75. The quantitative estimate of drug-likeness (QED) is 0.517. The second-order valence-corrected chi connectivity index (χ2v) is 10.4. The van der Waals surface area contributed by atoms with E-state index in [1.165, 1.54) is 34.5 Å². The van der Waals surface area contributed by atoms with Gasteiger partial charge in [0.1, 0.15) is 0 Å². The third-order valence-corrected chi connectivity index (χ3v) is 7.55. The van der Waals surface area contributed by atoms with Gasteiger partial charge in [-0.2, -0.15) is 0 Å². The van der Waals surface area contributed by atoms with Crippen molar-refractivity contribution in [2.45, 2.75) is 70.6 Å². The number of carbonyl (C=O) groups excluding carboxylic acids is 1. The standard InChI is InChI=1S/C25H37N3OS/c1-17(2)20-10-9-11-21(18(3)4)23(20)27-24(29)26-16-25(12-7-8-13-25)22-14-19(15-30-22)28(5)6/h9-11,14-15,17-18H,7-8,12-13,16H2,1-6H3,(H2,26,27,29). The van der Waals surface area contributed by atoms with E-state index in [0.29, 0.717) is 18.4 Å². The van der Waals surface area contributed by atoms with E-state index in [9.17, 15) is 4.79 Å². The van der Waals surface area contributed by atoms with Crippen molar-refractivity contribution in [3.05, 3.63) is 45.6 Å². The zero-order valence-electron chi connectivity index (χ0n) is 19.3. The van der Waals surface area contributed by atoms with Crippen LogP contribution in [-0.2, 0) is 5.41 Å². The molecule has 0 spiro atoms. The normalized spacial score (nSPS) is 15.6. The molecule has 1 saturated carbocycles. The van der Waals surface area contributed by atoms with E-state index >= 15 is 0 Å². The van der Waals surface area contributed by atoms with E-state index < -0.39 is 0 Å². The van der Waals surface area contributed by atoms with Crippen LogP contribution < -0.4 is 15.5 Å². The minimum absolute atomic E-state index is 0.0642. The predicted molar refractivity (Wildman–Crippen MR) is 130 cm³/mol. The fraction of sp³-hybridized carbons (Fsp3) is 0.560. The molecule has 2 amide bonds. The van der Waals surface area contributed by atoms with Crippen molar-refractivity contribution in [2.75, 3.05) is 30.9 Å². The van der Waals surface area contributed by atoms with Crippen molar-refractivity contribution in [1.29, 1.82) is 0 Å². The van der Waals surface area contributed by atoms with Crippen LogP contribution in [-0.4, -0.2) is 26.7 Å². The maximum Gasteiger partial charge on any atom is 0.319 e. The molecule has 1 aliphatic carbocycles. The number of anilines is 2. The SMILES string of the molecule is CC(C)c1cccc(C(C)C)c1NC(=O)NCC1(c2cc(N(C)C)cs2)CCCC1. The van der Waals surface area contributed by atoms with Crippen molar-refractivity contribution < 1.29 is 4.79 Å². The van der Waals surface area contributed by atoms with Gasteiger partial charge in [-0.1, -0.05) is 58.7 Å². The first-order valence-corrected chi connectivity index (χ1v) is 12.1. The highest BCUT2D eigenvalue weighted by Crippen LogP contribution is 2.44. The molecule has 0 unspecified atom stereocenters. The summed E-state index contributed by atoms with van der Waals surface area (Å²) in [6.45, 7) is 9.39. The molecule has 0 bridgehead atoms. The molecule has 4 nitrogen and oxygen atoms in total. The number of para-hydroxylation sites is 1. The molecule has 0 atom stereocenters. The molecule has 1 aromatic carbocycles. The zero-order valence-corrected chi connectivity index (χ0v) is 20.2. The number of benzene rings is 1. The molecule has 5 heteroatoms. The van der Waals surface area contributed by atoms with Crippen LogP contribution in [0, 0.1) is 0 Å². The van der Waals surface area contributed by atoms with Crippen LogP contribution in [0.5, 0.6) is 0 Å². The first kappa shape index (κ1) is 22.7. The molecular weight excluding hydrogens is 390 g/mol. The van der Waals surface area contributed by atoms with Crippen LogP contribution >= 0.6 is 11.3 Å². The summed E-state index contributed by atoms with van der Waals surface area (Å²) >= 11 is 1.83. The van der Waals surface area contributed by atoms with E-state index in [0.717, 1.165) is 18.5 Å². The molecule has 3 rings (SSSR count). The van der Waals surface area contributed by atoms with Gasteiger partial charge in [-0.3, -0.25) is 0 Å². The van der Waals surface area contributed by atoms with Crippen LogP contribution in [0.2, 0.25) is 0 Å². The molecule has 2 N–H and O–H groups in total. The molecule has 164 valence electrons. The van der Waals surface area contributed by atoms with Crippen molar-refractivity contribution in [3.8, 4) is 0 Å². The van der Waals surface area contributed by atoms with Gasteiger partial charge in [-0.15, -0.1) is 11.3 Å². The summed E-state index contributed by atoms with van der Waals surface area (Å²) in [7, 11) is 4.16. The Balaban J connectivity index is 1.76. The lowest BCUT2D eigenvalue weighted by Gasteiger charge is -2.29. The Morgan fingerprint density at radius 2 is 1.70 bits per heavy atom. The van der Waals surface area contributed by atoms with Crippen molar-refractivity contribution >= 4 is 28.7 Å². The van der Waals surface area contributed by atoms with Gasteiger partial charge in [0.25, 0.3) is 0 Å². The Kier molecular flexibility index (Phi) is 7.12. The number of thiophene rings is 1. The first-order chi connectivity index (χ1) is 14.2. The van der Waals surface area contributed by atoms with Gasteiger partial charge in [0.2, 0.25) is 0 Å². The lowest BCUT2D eigenvalue weighted by Crippen LogP contribution is -2.40. The molecule has 1 fully saturated rings. The molecule has 0 aliphatic heterocycles. The molecule has 30 heavy (non-hydrogen) atoms. The van der Waals surface area contributed by atoms with E-state index in [4.69, 9.17) is 0 Å². The molecule has 2 aromatic rings. The van der Waals surface area contributed by atoms with Crippen LogP contribution in [0.25, 0.3) is 0 Å². The lowest BCUT2D eigenvalue weighted by molar-refractivity contribution is 0.248. The van der Waals surface area contributed by atoms with E-state index in [-0.39, 0.29) is 11.4 Å². The number of hydrogen-bond acceptors (Lipinski definition) is 3. The number of urea groups is 1. The molecule has 0 saturated heterocycles. The topological polar surface area (TPSA) is 44.4 Å². The van der Waals surface area contributed by atoms with Crippen LogP contribution in [0.4, 0.5) is 16.2 Å². The van der Waals surface area contributed by atoms with E-state index in [2.05, 4.69) is 87.0 Å². The van der Waals surface area contributed by atoms with Crippen molar-refractivity contribution in [2.24, 2.45) is 0 Å². The van der Waals surface area contributed by atoms with Gasteiger partial charge >= 0.3 is 6.03 Å². The molecule has 0 radical (unpaired) electrons. The number of carbonyl (C=O) groups is 1. The summed E-state index contributed by atoms with van der Waals surface area (Å²) in [6, 6.07) is 8.56. The Bertz CT molecular complexity index is 837. The minimum atomic E-state index is -0.0966. The summed E-state index contributed by atoms with van der Waals surface area (Å²) in [5, 5.41) is 8.65. The van der Waals surface area contributed by atoms with Gasteiger partial charge in [-0.25, -0.2) is 4.79 Å². The molecule has 1 aromatic heterocycles.